The molecule has 122 valence electrons. The predicted octanol–water partition coefficient (Wildman–Crippen LogP) is 1.37. The molecule has 0 heterocycles. The van der Waals surface area contributed by atoms with Crippen molar-refractivity contribution in [3.8, 4) is 0 Å². The van der Waals surface area contributed by atoms with Crippen molar-refractivity contribution >= 4 is 52.9 Å². The molecule has 0 aromatic carbocycles. The Morgan fingerprint density at radius 3 is 2.33 bits per heavy atom. The summed E-state index contributed by atoms with van der Waals surface area (Å²) >= 11 is 16.2. The maximum absolute atomic E-state index is 11.2. The first kappa shape index (κ1) is 19.9. The SMILES string of the molecule is NC(=O)[C@H](CCCCNC(=O)OCC(Cl)(Cl)Cl)NC(=O)O. The highest BCUT2D eigenvalue weighted by atomic mass is 35.6. The number of nitrogens with one attached hydrogen (secondary N) is 2. The van der Waals surface area contributed by atoms with Crippen LogP contribution < -0.4 is 16.4 Å². The Bertz CT molecular complexity index is 375. The number of unbranched alkanes of at least 4 members (excludes halogenated alkanes) is 1. The molecule has 0 aliphatic rings. The average Bonchev–Trinajstić information content (AvgIpc) is 2.33. The van der Waals surface area contributed by atoms with Crippen LogP contribution in [0.15, 0.2) is 0 Å². The van der Waals surface area contributed by atoms with Gasteiger partial charge in [-0.3, -0.25) is 4.79 Å². The molecule has 0 bridgehead atoms. The topological polar surface area (TPSA) is 131 Å². The second-order valence-electron chi connectivity index (χ2n) is 4.02. The fraction of sp³-hybridized carbons (Fsp3) is 0.700. The molecule has 1 atom stereocenters. The van der Waals surface area contributed by atoms with E-state index in [0.717, 1.165) is 0 Å². The van der Waals surface area contributed by atoms with Gasteiger partial charge in [-0.05, 0) is 19.3 Å². The van der Waals surface area contributed by atoms with Gasteiger partial charge < -0.3 is 26.2 Å². The van der Waals surface area contributed by atoms with Crippen LogP contribution in [0.5, 0.6) is 0 Å². The predicted molar refractivity (Wildman–Crippen MR) is 77.6 cm³/mol. The highest BCUT2D eigenvalue weighted by Crippen LogP contribution is 2.25. The first-order chi connectivity index (χ1) is 9.61. The number of carbonyl (C=O) groups excluding carboxylic acids is 2. The smallest absolute Gasteiger partial charge is 0.407 e. The zero-order chi connectivity index (χ0) is 16.5. The van der Waals surface area contributed by atoms with Gasteiger partial charge >= 0.3 is 12.2 Å². The third-order valence-corrected chi connectivity index (χ3v) is 2.52. The van der Waals surface area contributed by atoms with E-state index in [2.05, 4.69) is 10.1 Å². The maximum Gasteiger partial charge on any atom is 0.407 e. The van der Waals surface area contributed by atoms with Crippen molar-refractivity contribution in [1.29, 1.82) is 0 Å². The third kappa shape index (κ3) is 12.3. The Kier molecular flexibility index (Phi) is 9.23. The zero-order valence-corrected chi connectivity index (χ0v) is 13.2. The van der Waals surface area contributed by atoms with Gasteiger partial charge in [0.1, 0.15) is 12.6 Å². The van der Waals surface area contributed by atoms with Gasteiger partial charge in [-0.15, -0.1) is 0 Å². The molecule has 0 aromatic rings. The van der Waals surface area contributed by atoms with Gasteiger partial charge in [0.2, 0.25) is 9.70 Å². The van der Waals surface area contributed by atoms with Gasteiger partial charge in [0.05, 0.1) is 0 Å². The van der Waals surface area contributed by atoms with Crippen molar-refractivity contribution in [2.24, 2.45) is 5.73 Å². The largest absolute Gasteiger partial charge is 0.465 e. The molecular weight excluding hydrogens is 348 g/mol. The molecule has 0 radical (unpaired) electrons. The molecule has 0 spiro atoms. The number of carboxylic acid groups (broad SMARTS) is 1. The van der Waals surface area contributed by atoms with Gasteiger partial charge in [0.15, 0.2) is 0 Å². The number of primary amides is 1. The normalized spacial score (nSPS) is 12.3. The lowest BCUT2D eigenvalue weighted by atomic mass is 10.1. The van der Waals surface area contributed by atoms with E-state index in [-0.39, 0.29) is 19.6 Å². The number of nitrogens with two attached hydrogens (primary N) is 1. The van der Waals surface area contributed by atoms with Gasteiger partial charge in [-0.1, -0.05) is 34.8 Å². The Morgan fingerprint density at radius 2 is 1.86 bits per heavy atom. The number of rotatable bonds is 8. The van der Waals surface area contributed by atoms with Gasteiger partial charge in [-0.2, -0.15) is 0 Å². The van der Waals surface area contributed by atoms with E-state index < -0.39 is 27.9 Å². The van der Waals surface area contributed by atoms with Crippen LogP contribution in [0.1, 0.15) is 19.3 Å². The van der Waals surface area contributed by atoms with E-state index in [9.17, 15) is 14.4 Å². The number of carbonyl (C=O) groups is 3. The van der Waals surface area contributed by atoms with Crippen LogP contribution in [0.2, 0.25) is 0 Å². The molecular formula is C10H16Cl3N3O5. The monoisotopic (exact) mass is 363 g/mol. The minimum absolute atomic E-state index is 0.229. The lowest BCUT2D eigenvalue weighted by Crippen LogP contribution is -2.43. The van der Waals surface area contributed by atoms with Crippen molar-refractivity contribution in [2.75, 3.05) is 13.2 Å². The fourth-order valence-corrected chi connectivity index (χ4v) is 1.46. The molecule has 0 aliphatic carbocycles. The second-order valence-corrected chi connectivity index (χ2v) is 6.53. The van der Waals surface area contributed by atoms with E-state index >= 15 is 0 Å². The summed E-state index contributed by atoms with van der Waals surface area (Å²) in [6, 6.07) is -0.959. The molecule has 0 aliphatic heterocycles. The summed E-state index contributed by atoms with van der Waals surface area (Å²) in [5.74, 6) is -0.757. The molecule has 0 fully saturated rings. The summed E-state index contributed by atoms with van der Waals surface area (Å²) < 4.78 is 2.94. The molecule has 0 saturated heterocycles. The van der Waals surface area contributed by atoms with Crippen LogP contribution in [0.3, 0.4) is 0 Å². The Hall–Kier alpha value is -1.12. The van der Waals surface area contributed by atoms with Gasteiger partial charge in [0, 0.05) is 6.54 Å². The number of alkyl halides is 3. The molecule has 21 heavy (non-hydrogen) atoms. The quantitative estimate of drug-likeness (QED) is 0.382. The van der Waals surface area contributed by atoms with E-state index in [1.54, 1.807) is 0 Å². The zero-order valence-electron chi connectivity index (χ0n) is 10.9. The van der Waals surface area contributed by atoms with Crippen molar-refractivity contribution < 1.29 is 24.2 Å². The first-order valence-corrected chi connectivity index (χ1v) is 7.01. The van der Waals surface area contributed by atoms with Gasteiger partial charge in [0.25, 0.3) is 0 Å². The van der Waals surface area contributed by atoms with E-state index in [0.29, 0.717) is 12.8 Å². The van der Waals surface area contributed by atoms with E-state index in [1.165, 1.54) is 0 Å². The molecule has 8 nitrogen and oxygen atoms in total. The Morgan fingerprint density at radius 1 is 1.24 bits per heavy atom. The van der Waals surface area contributed by atoms with Crippen LogP contribution in [0, 0.1) is 0 Å². The third-order valence-electron chi connectivity index (χ3n) is 2.20. The number of ether oxygens (including phenoxy) is 1. The van der Waals surface area contributed by atoms with E-state index in [4.69, 9.17) is 45.6 Å². The standard InChI is InChI=1S/C10H16Cl3N3O5/c11-10(12,13)5-21-9(20)15-4-2-1-3-6(7(14)17)16-8(18)19/h6,16H,1-5H2,(H2,14,17)(H,15,20)(H,18,19)/t6-/m0/s1. The van der Waals surface area contributed by atoms with Crippen molar-refractivity contribution in [3.05, 3.63) is 0 Å². The molecule has 3 amide bonds. The van der Waals surface area contributed by atoms with E-state index in [1.807, 2.05) is 5.32 Å². The highest BCUT2D eigenvalue weighted by Gasteiger charge is 2.22. The minimum atomic E-state index is -1.67. The van der Waals surface area contributed by atoms with Crippen molar-refractivity contribution in [3.63, 3.8) is 0 Å². The number of halogens is 3. The lowest BCUT2D eigenvalue weighted by molar-refractivity contribution is -0.120. The number of amides is 3. The molecule has 0 unspecified atom stereocenters. The van der Waals surface area contributed by atoms with Crippen LogP contribution >= 0.6 is 34.8 Å². The van der Waals surface area contributed by atoms with Gasteiger partial charge in [-0.25, -0.2) is 9.59 Å². The van der Waals surface area contributed by atoms with Crippen LogP contribution in [0.4, 0.5) is 9.59 Å². The number of alkyl carbamates (subject to hydrolysis) is 1. The Labute approximate surface area is 136 Å². The van der Waals surface area contributed by atoms with Crippen LogP contribution in [-0.2, 0) is 9.53 Å². The maximum atomic E-state index is 11.2. The molecule has 11 heteroatoms. The van der Waals surface area contributed by atoms with Crippen LogP contribution in [-0.4, -0.2) is 46.2 Å². The minimum Gasteiger partial charge on any atom is -0.465 e. The van der Waals surface area contributed by atoms with Crippen molar-refractivity contribution in [2.45, 2.75) is 29.1 Å². The molecule has 5 N–H and O–H groups in total. The van der Waals surface area contributed by atoms with Crippen molar-refractivity contribution in [1.82, 2.24) is 10.6 Å². The molecule has 0 saturated carbocycles. The summed E-state index contributed by atoms with van der Waals surface area (Å²) in [5, 5.41) is 12.9. The summed E-state index contributed by atoms with van der Waals surface area (Å²) in [4.78, 5) is 32.5. The lowest BCUT2D eigenvalue weighted by Gasteiger charge is -2.13. The van der Waals surface area contributed by atoms with Crippen LogP contribution in [0.25, 0.3) is 0 Å². The Balaban J connectivity index is 3.77. The number of hydrogen-bond donors (Lipinski definition) is 4. The first-order valence-electron chi connectivity index (χ1n) is 5.88. The number of hydrogen-bond acceptors (Lipinski definition) is 4. The fourth-order valence-electron chi connectivity index (χ4n) is 1.30. The summed E-state index contributed by atoms with van der Waals surface area (Å²) in [6.07, 6.45) is -0.873. The second kappa shape index (κ2) is 9.75. The summed E-state index contributed by atoms with van der Waals surface area (Å²) in [7, 11) is 0. The molecule has 0 aromatic heterocycles. The highest BCUT2D eigenvalue weighted by molar-refractivity contribution is 6.67. The summed E-state index contributed by atoms with van der Waals surface area (Å²) in [5.41, 5.74) is 5.04. The molecule has 0 rings (SSSR count). The summed E-state index contributed by atoms with van der Waals surface area (Å²) in [6.45, 7) is -0.118. The average molecular weight is 365 g/mol.